The SMILES string of the molecule is C=Cc1ccc2c(c1)N[C@H](C)CC2. The molecule has 1 aromatic rings. The van der Waals surface area contributed by atoms with E-state index in [4.69, 9.17) is 0 Å². The number of anilines is 1. The van der Waals surface area contributed by atoms with E-state index in [1.54, 1.807) is 0 Å². The Labute approximate surface area is 79.5 Å². The van der Waals surface area contributed by atoms with Gasteiger partial charge in [0.15, 0.2) is 0 Å². The Hall–Kier alpha value is -1.24. The maximum atomic E-state index is 3.77. The van der Waals surface area contributed by atoms with Crippen molar-refractivity contribution in [2.45, 2.75) is 25.8 Å². The van der Waals surface area contributed by atoms with E-state index in [0.717, 1.165) is 0 Å². The topological polar surface area (TPSA) is 12.0 Å². The molecule has 0 radical (unpaired) electrons. The molecule has 1 atom stereocenters. The van der Waals surface area contributed by atoms with E-state index in [1.165, 1.54) is 29.7 Å². The van der Waals surface area contributed by atoms with Crippen LogP contribution in [0.15, 0.2) is 24.8 Å². The summed E-state index contributed by atoms with van der Waals surface area (Å²) in [7, 11) is 0. The second kappa shape index (κ2) is 3.25. The van der Waals surface area contributed by atoms with Gasteiger partial charge in [-0.3, -0.25) is 0 Å². The first-order valence-corrected chi connectivity index (χ1v) is 4.81. The minimum Gasteiger partial charge on any atom is -0.382 e. The fraction of sp³-hybridized carbons (Fsp3) is 0.333. The van der Waals surface area contributed by atoms with Crippen molar-refractivity contribution in [1.29, 1.82) is 0 Å². The zero-order valence-corrected chi connectivity index (χ0v) is 8.01. The molecule has 0 bridgehead atoms. The average molecular weight is 173 g/mol. The molecule has 68 valence electrons. The van der Waals surface area contributed by atoms with Crippen LogP contribution in [0.1, 0.15) is 24.5 Å². The van der Waals surface area contributed by atoms with Crippen LogP contribution in [0, 0.1) is 0 Å². The van der Waals surface area contributed by atoms with E-state index < -0.39 is 0 Å². The molecular weight excluding hydrogens is 158 g/mol. The first kappa shape index (κ1) is 8.36. The molecule has 13 heavy (non-hydrogen) atoms. The van der Waals surface area contributed by atoms with E-state index in [9.17, 15) is 0 Å². The molecule has 1 aromatic carbocycles. The molecule has 0 saturated carbocycles. The lowest BCUT2D eigenvalue weighted by Crippen LogP contribution is -2.21. The van der Waals surface area contributed by atoms with Crippen LogP contribution in [-0.4, -0.2) is 6.04 Å². The minimum atomic E-state index is 0.604. The van der Waals surface area contributed by atoms with Crippen molar-refractivity contribution in [3.05, 3.63) is 35.9 Å². The van der Waals surface area contributed by atoms with Crippen molar-refractivity contribution in [2.24, 2.45) is 0 Å². The fourth-order valence-electron chi connectivity index (χ4n) is 1.78. The Morgan fingerprint density at radius 3 is 3.15 bits per heavy atom. The minimum absolute atomic E-state index is 0.604. The van der Waals surface area contributed by atoms with Crippen molar-refractivity contribution in [3.63, 3.8) is 0 Å². The molecule has 0 spiro atoms. The molecule has 1 heteroatoms. The quantitative estimate of drug-likeness (QED) is 0.688. The highest BCUT2D eigenvalue weighted by Crippen LogP contribution is 2.25. The number of rotatable bonds is 1. The first-order valence-electron chi connectivity index (χ1n) is 4.81. The third-order valence-electron chi connectivity index (χ3n) is 2.62. The summed E-state index contributed by atoms with van der Waals surface area (Å²) < 4.78 is 0. The zero-order chi connectivity index (χ0) is 9.26. The van der Waals surface area contributed by atoms with Gasteiger partial charge in [-0.15, -0.1) is 0 Å². The van der Waals surface area contributed by atoms with Crippen molar-refractivity contribution in [3.8, 4) is 0 Å². The van der Waals surface area contributed by atoms with Gasteiger partial charge < -0.3 is 5.32 Å². The van der Waals surface area contributed by atoms with Gasteiger partial charge >= 0.3 is 0 Å². The highest BCUT2D eigenvalue weighted by molar-refractivity contribution is 5.61. The summed E-state index contributed by atoms with van der Waals surface area (Å²) in [5.74, 6) is 0. The summed E-state index contributed by atoms with van der Waals surface area (Å²) in [5.41, 5.74) is 3.92. The maximum absolute atomic E-state index is 3.77. The van der Waals surface area contributed by atoms with Gasteiger partial charge in [-0.2, -0.15) is 0 Å². The molecular formula is C12H15N. The predicted molar refractivity (Wildman–Crippen MR) is 57.9 cm³/mol. The molecule has 2 rings (SSSR count). The molecule has 0 amide bonds. The van der Waals surface area contributed by atoms with Crippen LogP contribution >= 0.6 is 0 Å². The number of nitrogens with one attached hydrogen (secondary N) is 1. The summed E-state index contributed by atoms with van der Waals surface area (Å²) in [6.07, 6.45) is 4.32. The van der Waals surface area contributed by atoms with Gasteiger partial charge in [0.05, 0.1) is 0 Å². The monoisotopic (exact) mass is 173 g/mol. The van der Waals surface area contributed by atoms with E-state index >= 15 is 0 Å². The molecule has 0 aromatic heterocycles. The Morgan fingerprint density at radius 2 is 2.38 bits per heavy atom. The molecule has 1 aliphatic rings. The van der Waals surface area contributed by atoms with E-state index in [1.807, 2.05) is 6.08 Å². The lowest BCUT2D eigenvalue weighted by atomic mass is 9.97. The average Bonchev–Trinajstić information content (AvgIpc) is 2.16. The maximum Gasteiger partial charge on any atom is 0.0380 e. The normalized spacial score (nSPS) is 20.2. The van der Waals surface area contributed by atoms with Crippen LogP contribution in [0.4, 0.5) is 5.69 Å². The summed E-state index contributed by atoms with van der Waals surface area (Å²) in [6.45, 7) is 6.00. The highest BCUT2D eigenvalue weighted by Gasteiger charge is 2.13. The molecule has 1 heterocycles. The Balaban J connectivity index is 2.38. The number of hydrogen-bond acceptors (Lipinski definition) is 1. The summed E-state index contributed by atoms with van der Waals surface area (Å²) in [5, 5.41) is 3.49. The van der Waals surface area contributed by atoms with E-state index in [0.29, 0.717) is 6.04 Å². The van der Waals surface area contributed by atoms with Gasteiger partial charge in [0.1, 0.15) is 0 Å². The largest absolute Gasteiger partial charge is 0.382 e. The molecule has 1 N–H and O–H groups in total. The van der Waals surface area contributed by atoms with Gasteiger partial charge in [0.25, 0.3) is 0 Å². The third-order valence-corrected chi connectivity index (χ3v) is 2.62. The van der Waals surface area contributed by atoms with Crippen LogP contribution < -0.4 is 5.32 Å². The van der Waals surface area contributed by atoms with Crippen molar-refractivity contribution < 1.29 is 0 Å². The smallest absolute Gasteiger partial charge is 0.0380 e. The molecule has 0 aliphatic carbocycles. The standard InChI is InChI=1S/C12H15N/c1-3-10-5-7-11-6-4-9(2)13-12(11)8-10/h3,5,7-9,13H,1,4,6H2,2H3/t9-/m1/s1. The van der Waals surface area contributed by atoms with Crippen molar-refractivity contribution >= 4 is 11.8 Å². The van der Waals surface area contributed by atoms with Gasteiger partial charge in [-0.05, 0) is 37.0 Å². The first-order chi connectivity index (χ1) is 6.29. The summed E-state index contributed by atoms with van der Waals surface area (Å²) in [6, 6.07) is 7.11. The van der Waals surface area contributed by atoms with Crippen LogP contribution in [0.25, 0.3) is 6.08 Å². The van der Waals surface area contributed by atoms with Crippen LogP contribution in [0.2, 0.25) is 0 Å². The van der Waals surface area contributed by atoms with Gasteiger partial charge in [0.2, 0.25) is 0 Å². The Morgan fingerprint density at radius 1 is 1.54 bits per heavy atom. The second-order valence-corrected chi connectivity index (χ2v) is 3.70. The number of benzene rings is 1. The lowest BCUT2D eigenvalue weighted by molar-refractivity contribution is 0.681. The molecule has 0 fully saturated rings. The van der Waals surface area contributed by atoms with E-state index in [2.05, 4.69) is 37.0 Å². The Bertz CT molecular complexity index is 328. The highest BCUT2D eigenvalue weighted by atomic mass is 14.9. The Kier molecular flexibility index (Phi) is 2.09. The van der Waals surface area contributed by atoms with Crippen LogP contribution in [0.3, 0.4) is 0 Å². The number of fused-ring (bicyclic) bond motifs is 1. The summed E-state index contributed by atoms with van der Waals surface area (Å²) in [4.78, 5) is 0. The summed E-state index contributed by atoms with van der Waals surface area (Å²) >= 11 is 0. The predicted octanol–water partition coefficient (Wildman–Crippen LogP) is 3.08. The number of aryl methyl sites for hydroxylation is 1. The second-order valence-electron chi connectivity index (χ2n) is 3.70. The molecule has 0 saturated heterocycles. The lowest BCUT2D eigenvalue weighted by Gasteiger charge is -2.24. The van der Waals surface area contributed by atoms with Crippen LogP contribution in [0.5, 0.6) is 0 Å². The van der Waals surface area contributed by atoms with Crippen LogP contribution in [-0.2, 0) is 6.42 Å². The molecule has 0 unspecified atom stereocenters. The van der Waals surface area contributed by atoms with Gasteiger partial charge in [-0.1, -0.05) is 24.8 Å². The zero-order valence-electron chi connectivity index (χ0n) is 8.01. The van der Waals surface area contributed by atoms with Crippen molar-refractivity contribution in [1.82, 2.24) is 0 Å². The number of hydrogen-bond donors (Lipinski definition) is 1. The molecule has 1 aliphatic heterocycles. The van der Waals surface area contributed by atoms with E-state index in [-0.39, 0.29) is 0 Å². The van der Waals surface area contributed by atoms with Gasteiger partial charge in [-0.25, -0.2) is 0 Å². The molecule has 1 nitrogen and oxygen atoms in total. The van der Waals surface area contributed by atoms with Gasteiger partial charge in [0, 0.05) is 11.7 Å². The fourth-order valence-corrected chi connectivity index (χ4v) is 1.78. The third kappa shape index (κ3) is 1.59. The van der Waals surface area contributed by atoms with Crippen molar-refractivity contribution in [2.75, 3.05) is 5.32 Å².